The number of aromatic nitrogens is 1. The number of nitrogens with zero attached hydrogens (tertiary/aromatic N) is 2. The molecule has 4 heteroatoms. The van der Waals surface area contributed by atoms with Crippen molar-refractivity contribution >= 4 is 17.4 Å². The molecule has 0 aromatic carbocycles. The summed E-state index contributed by atoms with van der Waals surface area (Å²) in [4.78, 5) is 6.67. The van der Waals surface area contributed by atoms with Crippen LogP contribution >= 0.6 is 11.6 Å². The number of hydrogen-bond acceptors (Lipinski definition) is 3. The van der Waals surface area contributed by atoms with E-state index in [4.69, 9.17) is 16.3 Å². The zero-order valence-corrected chi connectivity index (χ0v) is 10.3. The molecule has 0 amide bonds. The van der Waals surface area contributed by atoms with Gasteiger partial charge in [0.15, 0.2) is 11.6 Å². The SMILES string of the molecule is COc1cccnc1N1CCCC(CCl)C1. The molecule has 1 aromatic heterocycles. The number of ether oxygens (including phenoxy) is 1. The van der Waals surface area contributed by atoms with Gasteiger partial charge in [-0.2, -0.15) is 0 Å². The standard InChI is InChI=1S/C12H17ClN2O/c1-16-11-5-2-6-14-12(11)15-7-3-4-10(8-13)9-15/h2,5-6,10H,3-4,7-9H2,1H3. The quantitative estimate of drug-likeness (QED) is 0.760. The lowest BCUT2D eigenvalue weighted by Gasteiger charge is -2.33. The first kappa shape index (κ1) is 11.5. The van der Waals surface area contributed by atoms with Gasteiger partial charge in [0.2, 0.25) is 0 Å². The van der Waals surface area contributed by atoms with Gasteiger partial charge >= 0.3 is 0 Å². The second kappa shape index (κ2) is 5.39. The lowest BCUT2D eigenvalue weighted by atomic mass is 10.00. The van der Waals surface area contributed by atoms with Crippen molar-refractivity contribution in [1.82, 2.24) is 4.98 Å². The molecule has 1 unspecified atom stereocenters. The number of piperidine rings is 1. The first-order valence-corrected chi connectivity index (χ1v) is 6.18. The third-order valence-corrected chi connectivity index (χ3v) is 3.44. The Morgan fingerprint density at radius 3 is 3.25 bits per heavy atom. The van der Waals surface area contributed by atoms with Gasteiger partial charge in [0.25, 0.3) is 0 Å². The Morgan fingerprint density at radius 1 is 1.62 bits per heavy atom. The molecule has 1 aromatic rings. The Balaban J connectivity index is 2.16. The van der Waals surface area contributed by atoms with Crippen LogP contribution in [0.3, 0.4) is 0 Å². The molecule has 0 N–H and O–H groups in total. The van der Waals surface area contributed by atoms with Crippen molar-refractivity contribution in [3.8, 4) is 5.75 Å². The van der Waals surface area contributed by atoms with E-state index in [-0.39, 0.29) is 0 Å². The van der Waals surface area contributed by atoms with Crippen molar-refractivity contribution in [3.63, 3.8) is 0 Å². The minimum absolute atomic E-state index is 0.571. The molecule has 0 aliphatic carbocycles. The number of alkyl halides is 1. The number of anilines is 1. The van der Waals surface area contributed by atoms with Crippen LogP contribution in [0.25, 0.3) is 0 Å². The molecule has 1 atom stereocenters. The van der Waals surface area contributed by atoms with Crippen LogP contribution in [0.15, 0.2) is 18.3 Å². The number of methoxy groups -OCH3 is 1. The maximum Gasteiger partial charge on any atom is 0.171 e. The maximum atomic E-state index is 5.93. The number of pyridine rings is 1. The Morgan fingerprint density at radius 2 is 2.50 bits per heavy atom. The summed E-state index contributed by atoms with van der Waals surface area (Å²) in [5.41, 5.74) is 0. The largest absolute Gasteiger partial charge is 0.493 e. The van der Waals surface area contributed by atoms with E-state index in [1.54, 1.807) is 7.11 Å². The van der Waals surface area contributed by atoms with E-state index in [1.807, 2.05) is 18.3 Å². The van der Waals surface area contributed by atoms with E-state index in [0.717, 1.165) is 30.5 Å². The van der Waals surface area contributed by atoms with Gasteiger partial charge in [-0.1, -0.05) is 0 Å². The molecular weight excluding hydrogens is 224 g/mol. The molecule has 1 aliphatic heterocycles. The van der Waals surface area contributed by atoms with Gasteiger partial charge < -0.3 is 9.64 Å². The number of halogens is 1. The van der Waals surface area contributed by atoms with Gasteiger partial charge in [0.1, 0.15) is 0 Å². The Hall–Kier alpha value is -0.960. The fraction of sp³-hybridized carbons (Fsp3) is 0.583. The summed E-state index contributed by atoms with van der Waals surface area (Å²) in [6.45, 7) is 2.03. The molecule has 16 heavy (non-hydrogen) atoms. The second-order valence-corrected chi connectivity index (χ2v) is 4.45. The minimum atomic E-state index is 0.571. The minimum Gasteiger partial charge on any atom is -0.493 e. The summed E-state index contributed by atoms with van der Waals surface area (Å²) in [6.07, 6.45) is 4.20. The monoisotopic (exact) mass is 240 g/mol. The predicted molar refractivity (Wildman–Crippen MR) is 66.4 cm³/mol. The molecule has 1 fully saturated rings. The van der Waals surface area contributed by atoms with Crippen molar-refractivity contribution in [2.45, 2.75) is 12.8 Å². The fourth-order valence-corrected chi connectivity index (χ4v) is 2.41. The average molecular weight is 241 g/mol. The normalized spacial score (nSPS) is 20.9. The van der Waals surface area contributed by atoms with Crippen LogP contribution in [0.1, 0.15) is 12.8 Å². The van der Waals surface area contributed by atoms with Crippen molar-refractivity contribution < 1.29 is 4.74 Å². The summed E-state index contributed by atoms with van der Waals surface area (Å²) in [5.74, 6) is 3.09. The van der Waals surface area contributed by atoms with E-state index >= 15 is 0 Å². The summed E-state index contributed by atoms with van der Waals surface area (Å²) < 4.78 is 5.33. The molecule has 1 aliphatic rings. The van der Waals surface area contributed by atoms with E-state index < -0.39 is 0 Å². The number of hydrogen-bond donors (Lipinski definition) is 0. The molecule has 2 rings (SSSR count). The molecule has 88 valence electrons. The Labute approximate surface area is 101 Å². The molecule has 0 bridgehead atoms. The average Bonchev–Trinajstić information content (AvgIpc) is 2.38. The summed E-state index contributed by atoms with van der Waals surface area (Å²) in [7, 11) is 1.68. The highest BCUT2D eigenvalue weighted by Gasteiger charge is 2.22. The summed E-state index contributed by atoms with van der Waals surface area (Å²) in [5, 5.41) is 0. The van der Waals surface area contributed by atoms with E-state index in [1.165, 1.54) is 12.8 Å². The molecule has 0 spiro atoms. The lowest BCUT2D eigenvalue weighted by Crippen LogP contribution is -2.36. The third-order valence-electron chi connectivity index (χ3n) is 3.01. The zero-order valence-electron chi connectivity index (χ0n) is 9.53. The molecular formula is C12H17ClN2O. The summed E-state index contributed by atoms with van der Waals surface area (Å²) >= 11 is 5.93. The van der Waals surface area contributed by atoms with Crippen molar-refractivity contribution in [1.29, 1.82) is 0 Å². The molecule has 3 nitrogen and oxygen atoms in total. The number of rotatable bonds is 3. The summed E-state index contributed by atoms with van der Waals surface area (Å²) in [6, 6.07) is 3.85. The zero-order chi connectivity index (χ0) is 11.4. The highest BCUT2D eigenvalue weighted by molar-refractivity contribution is 6.18. The van der Waals surface area contributed by atoms with Gasteiger partial charge in [-0.05, 0) is 30.9 Å². The van der Waals surface area contributed by atoms with Crippen LogP contribution in [0.2, 0.25) is 0 Å². The highest BCUT2D eigenvalue weighted by Crippen LogP contribution is 2.29. The van der Waals surface area contributed by atoms with E-state index in [0.29, 0.717) is 5.92 Å². The molecule has 0 saturated carbocycles. The maximum absolute atomic E-state index is 5.93. The highest BCUT2D eigenvalue weighted by atomic mass is 35.5. The first-order valence-electron chi connectivity index (χ1n) is 5.65. The van der Waals surface area contributed by atoms with Crippen LogP contribution in [0.4, 0.5) is 5.82 Å². The van der Waals surface area contributed by atoms with Crippen molar-refractivity contribution in [3.05, 3.63) is 18.3 Å². The second-order valence-electron chi connectivity index (χ2n) is 4.14. The molecule has 1 saturated heterocycles. The van der Waals surface area contributed by atoms with Gasteiger partial charge in [-0.25, -0.2) is 4.98 Å². The lowest BCUT2D eigenvalue weighted by molar-refractivity contribution is 0.402. The predicted octanol–water partition coefficient (Wildman–Crippen LogP) is 2.55. The third kappa shape index (κ3) is 2.40. The Kier molecular flexibility index (Phi) is 3.88. The van der Waals surface area contributed by atoms with Gasteiger partial charge in [0.05, 0.1) is 7.11 Å². The first-order chi connectivity index (χ1) is 7.85. The topological polar surface area (TPSA) is 25.4 Å². The van der Waals surface area contributed by atoms with E-state index in [9.17, 15) is 0 Å². The van der Waals surface area contributed by atoms with Gasteiger partial charge in [0, 0.05) is 25.2 Å². The van der Waals surface area contributed by atoms with Crippen LogP contribution < -0.4 is 9.64 Å². The van der Waals surface area contributed by atoms with Crippen LogP contribution in [-0.4, -0.2) is 31.1 Å². The van der Waals surface area contributed by atoms with Gasteiger partial charge in [-0.3, -0.25) is 0 Å². The Bertz CT molecular complexity index is 346. The van der Waals surface area contributed by atoms with E-state index in [2.05, 4.69) is 9.88 Å². The van der Waals surface area contributed by atoms with Crippen LogP contribution in [-0.2, 0) is 0 Å². The molecule has 0 radical (unpaired) electrons. The molecule has 2 heterocycles. The van der Waals surface area contributed by atoms with Gasteiger partial charge in [-0.15, -0.1) is 11.6 Å². The smallest absolute Gasteiger partial charge is 0.171 e. The van der Waals surface area contributed by atoms with Crippen molar-refractivity contribution in [2.75, 3.05) is 31.0 Å². The fourth-order valence-electron chi connectivity index (χ4n) is 2.16. The van der Waals surface area contributed by atoms with Crippen molar-refractivity contribution in [2.24, 2.45) is 5.92 Å². The van der Waals surface area contributed by atoms with Crippen LogP contribution in [0, 0.1) is 5.92 Å². The van der Waals surface area contributed by atoms with Crippen LogP contribution in [0.5, 0.6) is 5.75 Å².